The molecule has 0 radical (unpaired) electrons. The van der Waals surface area contributed by atoms with Gasteiger partial charge in [0.2, 0.25) is 0 Å². The van der Waals surface area contributed by atoms with Crippen molar-refractivity contribution in [3.05, 3.63) is 66.1 Å². The normalized spacial score (nSPS) is 19.8. The summed E-state index contributed by atoms with van der Waals surface area (Å²) < 4.78 is 54.5. The quantitative estimate of drug-likeness (QED) is 0.476. The number of carbonyl (C=O) groups is 1. The predicted molar refractivity (Wildman–Crippen MR) is 109 cm³/mol. The summed E-state index contributed by atoms with van der Waals surface area (Å²) in [6.07, 6.45) is 1.44. The molecule has 0 saturated heterocycles. The van der Waals surface area contributed by atoms with Crippen LogP contribution < -0.4 is 5.32 Å². The Labute approximate surface area is 185 Å². The van der Waals surface area contributed by atoms with Crippen molar-refractivity contribution in [2.75, 3.05) is 11.9 Å². The molecule has 3 heterocycles. The van der Waals surface area contributed by atoms with Crippen LogP contribution in [0.15, 0.2) is 49.1 Å². The Morgan fingerprint density at radius 1 is 1.06 bits per heavy atom. The molecule has 1 aliphatic carbocycles. The van der Waals surface area contributed by atoms with Gasteiger partial charge in [0, 0.05) is 24.7 Å². The van der Waals surface area contributed by atoms with Crippen molar-refractivity contribution < 1.29 is 26.9 Å². The number of nitrogens with zero attached hydrogens (tertiary/aromatic N) is 5. The van der Waals surface area contributed by atoms with E-state index in [1.54, 1.807) is 10.6 Å². The molecule has 1 fully saturated rings. The van der Waals surface area contributed by atoms with Gasteiger partial charge in [-0.3, -0.25) is 0 Å². The maximum absolute atomic E-state index is 14.7. The first-order valence-electron chi connectivity index (χ1n) is 10.2. The molecule has 2 aromatic heterocycles. The average molecular weight is 457 g/mol. The fourth-order valence-corrected chi connectivity index (χ4v) is 4.39. The Balaban J connectivity index is 1.45. The molecule has 2 bridgehead atoms. The molecule has 1 N–H and O–H groups in total. The third-order valence-electron chi connectivity index (χ3n) is 5.80. The second-order valence-electron chi connectivity index (χ2n) is 7.93. The molecular formula is C22H17F4N6O+. The zero-order valence-electron chi connectivity index (χ0n) is 17.1. The van der Waals surface area contributed by atoms with Crippen LogP contribution in [-0.2, 0) is 6.18 Å². The number of carbonyl (C=O) groups excluding carboxylic acids is 1. The van der Waals surface area contributed by atoms with Crippen LogP contribution in [0.5, 0.6) is 0 Å². The molecule has 11 heteroatoms. The van der Waals surface area contributed by atoms with Crippen molar-refractivity contribution in [3.8, 4) is 11.4 Å². The third kappa shape index (κ3) is 3.94. The summed E-state index contributed by atoms with van der Waals surface area (Å²) in [5, 5.41) is 3.07. The first kappa shape index (κ1) is 21.1. The highest BCUT2D eigenvalue weighted by atomic mass is 19.4. The minimum atomic E-state index is -4.57. The Hall–Kier alpha value is -3.76. The van der Waals surface area contributed by atoms with E-state index in [0.29, 0.717) is 25.6 Å². The summed E-state index contributed by atoms with van der Waals surface area (Å²) in [7, 11) is 0. The van der Waals surface area contributed by atoms with Crippen LogP contribution in [0, 0.1) is 11.7 Å². The van der Waals surface area contributed by atoms with E-state index in [4.69, 9.17) is 0 Å². The van der Waals surface area contributed by atoms with E-state index >= 15 is 0 Å². The van der Waals surface area contributed by atoms with E-state index in [2.05, 4.69) is 25.3 Å². The molecule has 168 valence electrons. The van der Waals surface area contributed by atoms with Crippen molar-refractivity contribution in [2.45, 2.75) is 25.1 Å². The Morgan fingerprint density at radius 2 is 1.85 bits per heavy atom. The molecule has 3 aromatic rings. The van der Waals surface area contributed by atoms with E-state index in [9.17, 15) is 22.4 Å². The summed E-state index contributed by atoms with van der Waals surface area (Å²) in [6, 6.07) is 5.55. The molecule has 1 amide bonds. The maximum atomic E-state index is 14.7. The zero-order chi connectivity index (χ0) is 23.2. The predicted octanol–water partition coefficient (Wildman–Crippen LogP) is 3.59. The lowest BCUT2D eigenvalue weighted by molar-refractivity contribution is -0.431. The largest absolute Gasteiger partial charge is 0.434 e. The van der Waals surface area contributed by atoms with E-state index in [1.165, 1.54) is 30.6 Å². The number of alkyl halides is 3. The topological polar surface area (TPSA) is 83.7 Å². The van der Waals surface area contributed by atoms with Crippen LogP contribution in [0.25, 0.3) is 11.4 Å². The van der Waals surface area contributed by atoms with Crippen molar-refractivity contribution in [1.82, 2.24) is 19.9 Å². The number of anilines is 1. The third-order valence-corrected chi connectivity index (χ3v) is 5.80. The molecular weight excluding hydrogens is 440 g/mol. The maximum Gasteiger partial charge on any atom is 0.434 e. The molecule has 33 heavy (non-hydrogen) atoms. The fraction of sp³-hybridized carbons (Fsp3) is 0.273. The van der Waals surface area contributed by atoms with Gasteiger partial charge in [-0.15, -0.1) is 0 Å². The number of benzene rings is 1. The van der Waals surface area contributed by atoms with Crippen LogP contribution in [0.2, 0.25) is 0 Å². The van der Waals surface area contributed by atoms with Crippen molar-refractivity contribution in [1.29, 1.82) is 0 Å². The number of rotatable bonds is 4. The number of amides is 1. The summed E-state index contributed by atoms with van der Waals surface area (Å²) >= 11 is 0. The SMILES string of the molecule is O=C(c1cccc(F)c1-c1ncccn1)[N+]1=C2CC(CC2Nc2cnc(C(F)(F)F)cn2)C1. The molecule has 0 spiro atoms. The van der Waals surface area contributed by atoms with E-state index in [1.807, 2.05) is 0 Å². The number of nitrogens with one attached hydrogen (secondary N) is 1. The van der Waals surface area contributed by atoms with Crippen LogP contribution >= 0.6 is 0 Å². The van der Waals surface area contributed by atoms with E-state index in [0.717, 1.165) is 11.9 Å². The first-order valence-corrected chi connectivity index (χ1v) is 10.2. The number of fused-ring (bicyclic) bond motifs is 2. The first-order chi connectivity index (χ1) is 15.8. The molecule has 1 aliphatic heterocycles. The van der Waals surface area contributed by atoms with Gasteiger partial charge < -0.3 is 5.32 Å². The Bertz CT molecular complexity index is 1240. The Kier molecular flexibility index (Phi) is 5.10. The smallest absolute Gasteiger partial charge is 0.356 e. The summed E-state index contributed by atoms with van der Waals surface area (Å²) in [4.78, 5) is 28.8. The van der Waals surface area contributed by atoms with Gasteiger partial charge in [0.15, 0.2) is 23.8 Å². The standard InChI is InChI=1S/C22H17F4N6O/c23-14-4-1-3-13(19(14)20-27-5-2-6-28-20)21(33)32-11-12-7-15(16(32)8-12)31-18-10-29-17(9-30-18)22(24,25)26/h1-6,9-10,12,15H,7-8,11H2,(H,30,31)/q+1. The molecule has 5 rings (SSSR count). The van der Waals surface area contributed by atoms with Crippen molar-refractivity contribution in [2.24, 2.45) is 5.92 Å². The summed E-state index contributed by atoms with van der Waals surface area (Å²) in [5.41, 5.74) is -0.109. The average Bonchev–Trinajstić information content (AvgIpc) is 3.39. The van der Waals surface area contributed by atoms with Gasteiger partial charge in [-0.05, 0) is 24.6 Å². The Morgan fingerprint density at radius 3 is 2.52 bits per heavy atom. The zero-order valence-corrected chi connectivity index (χ0v) is 17.1. The fourth-order valence-electron chi connectivity index (χ4n) is 4.39. The minimum Gasteiger partial charge on any atom is -0.356 e. The molecule has 2 aliphatic rings. The van der Waals surface area contributed by atoms with Gasteiger partial charge in [0.05, 0.1) is 18.0 Å². The van der Waals surface area contributed by atoms with E-state index < -0.39 is 17.7 Å². The lowest BCUT2D eigenvalue weighted by Gasteiger charge is -2.18. The van der Waals surface area contributed by atoms with Gasteiger partial charge in [0.25, 0.3) is 0 Å². The van der Waals surface area contributed by atoms with Crippen molar-refractivity contribution in [3.63, 3.8) is 0 Å². The minimum absolute atomic E-state index is 0.0320. The van der Waals surface area contributed by atoms with E-state index in [-0.39, 0.29) is 40.6 Å². The molecule has 2 atom stereocenters. The highest BCUT2D eigenvalue weighted by molar-refractivity contribution is 6.01. The van der Waals surface area contributed by atoms with Gasteiger partial charge in [0.1, 0.15) is 23.2 Å². The van der Waals surface area contributed by atoms with Crippen LogP contribution in [-0.4, -0.2) is 48.7 Å². The molecule has 7 nitrogen and oxygen atoms in total. The van der Waals surface area contributed by atoms with Crippen LogP contribution in [0.3, 0.4) is 0 Å². The second kappa shape index (κ2) is 7.98. The number of halogens is 4. The van der Waals surface area contributed by atoms with Gasteiger partial charge in [-0.25, -0.2) is 29.1 Å². The highest BCUT2D eigenvalue weighted by Gasteiger charge is 2.48. The number of aromatic nitrogens is 4. The molecule has 1 saturated carbocycles. The second-order valence-corrected chi connectivity index (χ2v) is 7.93. The van der Waals surface area contributed by atoms with Crippen LogP contribution in [0.4, 0.5) is 23.4 Å². The van der Waals surface area contributed by atoms with Crippen molar-refractivity contribution >= 4 is 17.4 Å². The summed E-state index contributed by atoms with van der Waals surface area (Å²) in [6.45, 7) is 0.483. The monoisotopic (exact) mass is 457 g/mol. The highest BCUT2D eigenvalue weighted by Crippen LogP contribution is 2.34. The summed E-state index contributed by atoms with van der Waals surface area (Å²) in [5.74, 6) is -0.489. The lowest BCUT2D eigenvalue weighted by atomic mass is 10.0. The number of hydrogen-bond acceptors (Lipinski definition) is 6. The number of hydrogen-bond donors (Lipinski definition) is 1. The van der Waals surface area contributed by atoms with Gasteiger partial charge in [-0.2, -0.15) is 17.7 Å². The lowest BCUT2D eigenvalue weighted by Crippen LogP contribution is -2.38. The van der Waals surface area contributed by atoms with Crippen LogP contribution in [0.1, 0.15) is 28.9 Å². The van der Waals surface area contributed by atoms with Gasteiger partial charge >= 0.3 is 12.1 Å². The molecule has 1 aromatic carbocycles. The molecule has 2 unspecified atom stereocenters. The van der Waals surface area contributed by atoms with Gasteiger partial charge in [-0.1, -0.05) is 6.07 Å².